The van der Waals surface area contributed by atoms with Gasteiger partial charge in [-0.1, -0.05) is 20.8 Å². The van der Waals surface area contributed by atoms with Gasteiger partial charge in [0.15, 0.2) is 0 Å². The van der Waals surface area contributed by atoms with Crippen LogP contribution in [0, 0.1) is 0 Å². The van der Waals surface area contributed by atoms with Gasteiger partial charge in [0, 0.05) is 19.0 Å². The van der Waals surface area contributed by atoms with Gasteiger partial charge in [-0.2, -0.15) is 0 Å². The third-order valence-electron chi connectivity index (χ3n) is 2.57. The molecule has 0 aliphatic rings. The molecular weight excluding hydrogens is 218 g/mol. The Morgan fingerprint density at radius 1 is 1.53 bits per heavy atom. The van der Waals surface area contributed by atoms with Crippen LogP contribution in [0.4, 0.5) is 0 Å². The normalized spacial score (nSPS) is 11.2. The fraction of sp³-hybridized carbons (Fsp3) is 0.727. The maximum absolute atomic E-state index is 11.7. The number of likely N-dealkylation sites (N-methyl/N-ethyl adjacent to an activating group) is 1. The highest BCUT2D eigenvalue weighted by atomic mass is 16.2. The Morgan fingerprint density at radius 2 is 2.24 bits per heavy atom. The van der Waals surface area contributed by atoms with Crippen molar-refractivity contribution in [2.75, 3.05) is 26.7 Å². The number of hydrogen-bond acceptors (Lipinski definition) is 4. The van der Waals surface area contributed by atoms with E-state index in [4.69, 9.17) is 0 Å². The van der Waals surface area contributed by atoms with Gasteiger partial charge >= 0.3 is 0 Å². The number of nitrogens with one attached hydrogen (secondary N) is 2. The molecule has 17 heavy (non-hydrogen) atoms. The highest BCUT2D eigenvalue weighted by Crippen LogP contribution is 2.07. The number of carbonyl (C=O) groups is 1. The van der Waals surface area contributed by atoms with Gasteiger partial charge in [0.05, 0.1) is 0 Å². The molecule has 0 unspecified atom stereocenters. The van der Waals surface area contributed by atoms with E-state index >= 15 is 0 Å². The SMILES string of the molecule is CCN(C)CCNC(=O)c1n[nH]c(C(C)C)n1. The third-order valence-corrected chi connectivity index (χ3v) is 2.57. The Bertz CT molecular complexity index is 360. The minimum atomic E-state index is -0.224. The molecular formula is C11H21N5O. The summed E-state index contributed by atoms with van der Waals surface area (Å²) in [4.78, 5) is 17.9. The summed E-state index contributed by atoms with van der Waals surface area (Å²) < 4.78 is 0. The predicted octanol–water partition coefficient (Wildman–Crippen LogP) is 0.610. The smallest absolute Gasteiger partial charge is 0.291 e. The zero-order valence-electron chi connectivity index (χ0n) is 10.9. The number of aromatic amines is 1. The van der Waals surface area contributed by atoms with Crippen LogP contribution in [-0.2, 0) is 0 Å². The van der Waals surface area contributed by atoms with Crippen molar-refractivity contribution in [2.45, 2.75) is 26.7 Å². The van der Waals surface area contributed by atoms with Crippen LogP contribution < -0.4 is 5.32 Å². The lowest BCUT2D eigenvalue weighted by atomic mass is 10.2. The second-order valence-corrected chi connectivity index (χ2v) is 4.35. The Balaban J connectivity index is 2.41. The van der Waals surface area contributed by atoms with Crippen LogP contribution in [0.3, 0.4) is 0 Å². The Labute approximate surface area is 102 Å². The van der Waals surface area contributed by atoms with Crippen LogP contribution in [0.15, 0.2) is 0 Å². The molecule has 0 atom stereocenters. The molecule has 0 aliphatic carbocycles. The van der Waals surface area contributed by atoms with Gasteiger partial charge in [0.1, 0.15) is 5.82 Å². The van der Waals surface area contributed by atoms with Gasteiger partial charge in [-0.15, -0.1) is 5.10 Å². The molecule has 1 amide bonds. The van der Waals surface area contributed by atoms with Crippen molar-refractivity contribution in [3.63, 3.8) is 0 Å². The molecule has 0 aliphatic heterocycles. The molecule has 2 N–H and O–H groups in total. The molecule has 6 nitrogen and oxygen atoms in total. The lowest BCUT2D eigenvalue weighted by Gasteiger charge is -2.13. The summed E-state index contributed by atoms with van der Waals surface area (Å²) in [5, 5.41) is 9.45. The van der Waals surface area contributed by atoms with Crippen LogP contribution in [-0.4, -0.2) is 52.7 Å². The number of aromatic nitrogens is 3. The van der Waals surface area contributed by atoms with Crippen LogP contribution in [0.1, 0.15) is 43.1 Å². The van der Waals surface area contributed by atoms with Crippen LogP contribution in [0.25, 0.3) is 0 Å². The van der Waals surface area contributed by atoms with Crippen molar-refractivity contribution in [3.05, 3.63) is 11.6 Å². The minimum Gasteiger partial charge on any atom is -0.348 e. The number of H-pyrrole nitrogens is 1. The summed E-state index contributed by atoms with van der Waals surface area (Å²) in [7, 11) is 2.01. The average molecular weight is 239 g/mol. The van der Waals surface area contributed by atoms with Gasteiger partial charge < -0.3 is 10.2 Å². The molecule has 1 heterocycles. The maximum Gasteiger partial charge on any atom is 0.291 e. The molecule has 0 saturated heterocycles. The predicted molar refractivity (Wildman–Crippen MR) is 66.0 cm³/mol. The Hall–Kier alpha value is -1.43. The first-order valence-electron chi connectivity index (χ1n) is 5.93. The second-order valence-electron chi connectivity index (χ2n) is 4.35. The molecule has 0 radical (unpaired) electrons. The fourth-order valence-electron chi connectivity index (χ4n) is 1.23. The lowest BCUT2D eigenvalue weighted by Crippen LogP contribution is -2.33. The summed E-state index contributed by atoms with van der Waals surface area (Å²) >= 11 is 0. The van der Waals surface area contributed by atoms with Crippen LogP contribution in [0.5, 0.6) is 0 Å². The van der Waals surface area contributed by atoms with Gasteiger partial charge in [-0.3, -0.25) is 9.89 Å². The van der Waals surface area contributed by atoms with E-state index in [1.54, 1.807) is 0 Å². The summed E-state index contributed by atoms with van der Waals surface area (Å²) in [5.41, 5.74) is 0. The van der Waals surface area contributed by atoms with Crippen molar-refractivity contribution < 1.29 is 4.79 Å². The van der Waals surface area contributed by atoms with Crippen molar-refractivity contribution in [1.29, 1.82) is 0 Å². The molecule has 0 fully saturated rings. The first-order chi connectivity index (χ1) is 8.04. The summed E-state index contributed by atoms with van der Waals surface area (Å²) in [5.74, 6) is 0.974. The van der Waals surface area contributed by atoms with E-state index in [9.17, 15) is 4.79 Å². The van der Waals surface area contributed by atoms with Crippen LogP contribution in [0.2, 0.25) is 0 Å². The first-order valence-corrected chi connectivity index (χ1v) is 5.93. The second kappa shape index (κ2) is 6.34. The molecule has 6 heteroatoms. The number of hydrogen-bond donors (Lipinski definition) is 2. The van der Waals surface area contributed by atoms with E-state index in [0.29, 0.717) is 6.54 Å². The van der Waals surface area contributed by atoms with Crippen molar-refractivity contribution in [2.24, 2.45) is 0 Å². The summed E-state index contributed by atoms with van der Waals surface area (Å²) in [6.45, 7) is 8.47. The number of rotatable bonds is 6. The monoisotopic (exact) mass is 239 g/mol. The zero-order chi connectivity index (χ0) is 12.8. The maximum atomic E-state index is 11.7. The third kappa shape index (κ3) is 4.14. The van der Waals surface area contributed by atoms with Crippen molar-refractivity contribution in [1.82, 2.24) is 25.4 Å². The van der Waals surface area contributed by atoms with Gasteiger partial charge in [0.25, 0.3) is 5.91 Å². The molecule has 0 spiro atoms. The first kappa shape index (κ1) is 13.6. The lowest BCUT2D eigenvalue weighted by molar-refractivity contribution is 0.0940. The topological polar surface area (TPSA) is 73.9 Å². The number of amides is 1. The zero-order valence-corrected chi connectivity index (χ0v) is 10.9. The number of nitrogens with zero attached hydrogens (tertiary/aromatic N) is 3. The Kier molecular flexibility index (Phi) is 5.09. The highest BCUT2D eigenvalue weighted by Gasteiger charge is 2.13. The standard InChI is InChI=1S/C11H21N5O/c1-5-16(4)7-6-12-11(17)10-13-9(8(2)3)14-15-10/h8H,5-7H2,1-4H3,(H,12,17)(H,13,14,15). The van der Waals surface area contributed by atoms with Gasteiger partial charge in [-0.25, -0.2) is 4.98 Å². The Morgan fingerprint density at radius 3 is 2.76 bits per heavy atom. The largest absolute Gasteiger partial charge is 0.348 e. The number of carbonyl (C=O) groups excluding carboxylic acids is 1. The molecule has 0 bridgehead atoms. The van der Waals surface area contributed by atoms with Crippen molar-refractivity contribution >= 4 is 5.91 Å². The van der Waals surface area contributed by atoms with Crippen LogP contribution >= 0.6 is 0 Å². The highest BCUT2D eigenvalue weighted by molar-refractivity contribution is 5.90. The van der Waals surface area contributed by atoms with E-state index < -0.39 is 0 Å². The van der Waals surface area contributed by atoms with E-state index in [1.165, 1.54) is 0 Å². The minimum absolute atomic E-state index is 0.216. The van der Waals surface area contributed by atoms with E-state index in [2.05, 4.69) is 32.3 Å². The molecule has 1 aromatic rings. The molecule has 1 rings (SSSR count). The average Bonchev–Trinajstić information content (AvgIpc) is 2.78. The molecule has 96 valence electrons. The van der Waals surface area contributed by atoms with E-state index in [0.717, 1.165) is 18.9 Å². The quantitative estimate of drug-likeness (QED) is 0.763. The van der Waals surface area contributed by atoms with Crippen molar-refractivity contribution in [3.8, 4) is 0 Å². The summed E-state index contributed by atoms with van der Waals surface area (Å²) in [6.07, 6.45) is 0. The molecule has 1 aromatic heterocycles. The fourth-order valence-corrected chi connectivity index (χ4v) is 1.23. The van der Waals surface area contributed by atoms with E-state index in [-0.39, 0.29) is 17.6 Å². The summed E-state index contributed by atoms with van der Waals surface area (Å²) in [6, 6.07) is 0. The molecule has 0 saturated carbocycles. The molecule has 0 aromatic carbocycles. The van der Waals surface area contributed by atoms with Gasteiger partial charge in [-0.05, 0) is 13.6 Å². The van der Waals surface area contributed by atoms with E-state index in [1.807, 2.05) is 20.9 Å². The van der Waals surface area contributed by atoms with Gasteiger partial charge in [0.2, 0.25) is 5.82 Å².